The fourth-order valence-corrected chi connectivity index (χ4v) is 3.75. The molecular formula is C16H15BrN2O4. The van der Waals surface area contributed by atoms with E-state index in [-0.39, 0.29) is 0 Å². The van der Waals surface area contributed by atoms with E-state index in [1.165, 1.54) is 4.57 Å². The van der Waals surface area contributed by atoms with Gasteiger partial charge in [-0.25, -0.2) is 9.59 Å². The molecule has 120 valence electrons. The van der Waals surface area contributed by atoms with Gasteiger partial charge in [0.15, 0.2) is 0 Å². The summed E-state index contributed by atoms with van der Waals surface area (Å²) in [6.45, 7) is 1.07. The second-order valence-corrected chi connectivity index (χ2v) is 6.90. The van der Waals surface area contributed by atoms with Gasteiger partial charge in [0.2, 0.25) is 5.71 Å². The summed E-state index contributed by atoms with van der Waals surface area (Å²) in [6.07, 6.45) is 3.01. The normalized spacial score (nSPS) is 19.1. The van der Waals surface area contributed by atoms with E-state index in [9.17, 15) is 9.59 Å². The van der Waals surface area contributed by atoms with E-state index in [1.807, 2.05) is 18.2 Å². The molecule has 1 aromatic carbocycles. The molecule has 2 aromatic heterocycles. The minimum absolute atomic E-state index is 0.322. The molecule has 4 rings (SSSR count). The largest absolute Gasteiger partial charge is 0.442 e. The van der Waals surface area contributed by atoms with Crippen LogP contribution < -0.4 is 11.3 Å². The highest BCUT2D eigenvalue weighted by Crippen LogP contribution is 2.31. The minimum Gasteiger partial charge on any atom is -0.397 e. The molecule has 0 saturated carbocycles. The van der Waals surface area contributed by atoms with Gasteiger partial charge in [-0.1, -0.05) is 15.9 Å². The smallest absolute Gasteiger partial charge is 0.397 e. The Balaban J connectivity index is 2.01. The van der Waals surface area contributed by atoms with Crippen LogP contribution in [0.2, 0.25) is 0 Å². The van der Waals surface area contributed by atoms with Gasteiger partial charge in [0.05, 0.1) is 5.52 Å². The maximum absolute atomic E-state index is 11.6. The zero-order valence-corrected chi connectivity index (χ0v) is 14.1. The topological polar surface area (TPSA) is 68.1 Å². The average molecular weight is 379 g/mol. The van der Waals surface area contributed by atoms with Crippen molar-refractivity contribution in [2.45, 2.75) is 25.3 Å². The van der Waals surface area contributed by atoms with Gasteiger partial charge in [0.25, 0.3) is 0 Å². The Bertz CT molecular complexity index is 1020. The monoisotopic (exact) mass is 378 g/mol. The SMILES string of the molecule is CN1CCCC1Cc1c2cc(Br)ccc2n2oc(=O)c(=O)oc12. The summed E-state index contributed by atoms with van der Waals surface area (Å²) in [5.74, 6) is 0. The first-order chi connectivity index (χ1) is 11.0. The summed E-state index contributed by atoms with van der Waals surface area (Å²) >= 11 is 3.47. The number of nitrogens with zero attached hydrogens (tertiary/aromatic N) is 2. The first-order valence-corrected chi connectivity index (χ1v) is 8.31. The number of rotatable bonds is 2. The summed E-state index contributed by atoms with van der Waals surface area (Å²) in [6, 6.07) is 6.07. The molecule has 6 nitrogen and oxygen atoms in total. The van der Waals surface area contributed by atoms with E-state index < -0.39 is 11.3 Å². The molecular weight excluding hydrogens is 364 g/mol. The van der Waals surface area contributed by atoms with Gasteiger partial charge >= 0.3 is 11.3 Å². The van der Waals surface area contributed by atoms with Crippen molar-refractivity contribution in [1.29, 1.82) is 0 Å². The van der Waals surface area contributed by atoms with Crippen LogP contribution in [0.4, 0.5) is 0 Å². The van der Waals surface area contributed by atoms with E-state index in [0.717, 1.165) is 46.7 Å². The first kappa shape index (κ1) is 14.7. The van der Waals surface area contributed by atoms with Crippen LogP contribution in [0, 0.1) is 0 Å². The fourth-order valence-electron chi connectivity index (χ4n) is 3.39. The number of hydrogen-bond acceptors (Lipinski definition) is 5. The van der Waals surface area contributed by atoms with Crippen LogP contribution >= 0.6 is 15.9 Å². The molecule has 3 aromatic rings. The maximum atomic E-state index is 11.6. The van der Waals surface area contributed by atoms with E-state index in [1.54, 1.807) is 0 Å². The zero-order chi connectivity index (χ0) is 16.1. The van der Waals surface area contributed by atoms with Crippen molar-refractivity contribution in [2.75, 3.05) is 13.6 Å². The number of halogens is 1. The molecule has 1 atom stereocenters. The summed E-state index contributed by atoms with van der Waals surface area (Å²) in [5.41, 5.74) is -0.0224. The molecule has 1 aliphatic heterocycles. The van der Waals surface area contributed by atoms with Gasteiger partial charge in [-0.3, -0.25) is 0 Å². The Kier molecular flexibility index (Phi) is 3.42. The number of aromatic nitrogens is 1. The lowest BCUT2D eigenvalue weighted by Gasteiger charge is -2.18. The highest BCUT2D eigenvalue weighted by Gasteiger charge is 2.26. The molecule has 0 N–H and O–H groups in total. The van der Waals surface area contributed by atoms with Crippen LogP contribution in [0.3, 0.4) is 0 Å². The van der Waals surface area contributed by atoms with Crippen LogP contribution in [-0.4, -0.2) is 29.1 Å². The van der Waals surface area contributed by atoms with Crippen molar-refractivity contribution >= 4 is 32.5 Å². The molecule has 7 heteroatoms. The number of likely N-dealkylation sites (tertiary alicyclic amines) is 1. The minimum atomic E-state index is -0.998. The highest BCUT2D eigenvalue weighted by atomic mass is 79.9. The number of likely N-dealkylation sites (N-methyl/N-ethyl adjacent to an activating group) is 1. The molecule has 1 saturated heterocycles. The van der Waals surface area contributed by atoms with Crippen LogP contribution in [0.25, 0.3) is 16.6 Å². The van der Waals surface area contributed by atoms with Crippen LogP contribution in [-0.2, 0) is 6.42 Å². The molecule has 3 heterocycles. The Labute approximate surface area is 139 Å². The first-order valence-electron chi connectivity index (χ1n) is 7.52. The van der Waals surface area contributed by atoms with Crippen LogP contribution in [0.15, 0.2) is 41.2 Å². The van der Waals surface area contributed by atoms with Gasteiger partial charge in [0, 0.05) is 21.5 Å². The zero-order valence-electron chi connectivity index (χ0n) is 12.5. The molecule has 23 heavy (non-hydrogen) atoms. The van der Waals surface area contributed by atoms with Gasteiger partial charge in [-0.15, -0.1) is 4.57 Å². The molecule has 0 spiro atoms. The van der Waals surface area contributed by atoms with E-state index in [0.29, 0.717) is 11.8 Å². The Hall–Kier alpha value is -1.86. The van der Waals surface area contributed by atoms with Crippen LogP contribution in [0.1, 0.15) is 18.4 Å². The number of benzene rings is 1. The number of fused-ring (bicyclic) bond motifs is 3. The van der Waals surface area contributed by atoms with E-state index in [4.69, 9.17) is 8.94 Å². The Morgan fingerprint density at radius 2 is 2.13 bits per heavy atom. The van der Waals surface area contributed by atoms with Crippen molar-refractivity contribution < 1.29 is 8.94 Å². The van der Waals surface area contributed by atoms with E-state index in [2.05, 4.69) is 27.9 Å². The lowest BCUT2D eigenvalue weighted by atomic mass is 10.0. The predicted octanol–water partition coefficient (Wildman–Crippen LogP) is 2.40. The summed E-state index contributed by atoms with van der Waals surface area (Å²) in [5, 5.41) is 0.928. The summed E-state index contributed by atoms with van der Waals surface area (Å²) in [4.78, 5) is 25.5. The number of hydrogen-bond donors (Lipinski definition) is 0. The van der Waals surface area contributed by atoms with Crippen LogP contribution in [0.5, 0.6) is 0 Å². The van der Waals surface area contributed by atoms with Gasteiger partial charge in [-0.2, -0.15) is 0 Å². The molecule has 1 aliphatic rings. The van der Waals surface area contributed by atoms with E-state index >= 15 is 0 Å². The molecule has 1 unspecified atom stereocenters. The van der Waals surface area contributed by atoms with Crippen molar-refractivity contribution in [1.82, 2.24) is 9.47 Å². The van der Waals surface area contributed by atoms with Gasteiger partial charge < -0.3 is 13.8 Å². The molecule has 0 radical (unpaired) electrons. The highest BCUT2D eigenvalue weighted by molar-refractivity contribution is 9.10. The standard InChI is InChI=1S/C16H15BrN2O4/c1-18-6-2-3-10(18)8-12-11-7-9(17)4-5-13(11)19-14(12)22-15(20)16(21)23-19/h4-5,7,10H,2-3,6,8H2,1H3. The van der Waals surface area contributed by atoms with Crippen molar-refractivity contribution in [3.63, 3.8) is 0 Å². The van der Waals surface area contributed by atoms with Crippen molar-refractivity contribution in [3.05, 3.63) is 49.1 Å². The quantitative estimate of drug-likeness (QED) is 0.640. The third kappa shape index (κ3) is 2.35. The lowest BCUT2D eigenvalue weighted by molar-refractivity contribution is 0.282. The fraction of sp³-hybridized carbons (Fsp3) is 0.375. The average Bonchev–Trinajstić information content (AvgIpc) is 3.04. The Morgan fingerprint density at radius 3 is 2.87 bits per heavy atom. The third-order valence-corrected chi connectivity index (χ3v) is 5.08. The molecule has 0 aliphatic carbocycles. The summed E-state index contributed by atoms with van der Waals surface area (Å²) in [7, 11) is 2.10. The Morgan fingerprint density at radius 1 is 1.30 bits per heavy atom. The van der Waals surface area contributed by atoms with Crippen molar-refractivity contribution in [3.8, 4) is 0 Å². The van der Waals surface area contributed by atoms with Crippen molar-refractivity contribution in [2.24, 2.45) is 0 Å². The predicted molar refractivity (Wildman–Crippen MR) is 89.0 cm³/mol. The molecule has 0 bridgehead atoms. The molecule has 1 fully saturated rings. The second kappa shape index (κ2) is 5.35. The van der Waals surface area contributed by atoms with Gasteiger partial charge in [0.1, 0.15) is 0 Å². The third-order valence-electron chi connectivity index (χ3n) is 4.59. The summed E-state index contributed by atoms with van der Waals surface area (Å²) < 4.78 is 12.7. The molecule has 0 amide bonds. The van der Waals surface area contributed by atoms with Gasteiger partial charge in [-0.05, 0) is 51.1 Å². The lowest BCUT2D eigenvalue weighted by Crippen LogP contribution is -2.27. The maximum Gasteiger partial charge on any atom is 0.442 e. The second-order valence-electron chi connectivity index (χ2n) is 5.99.